The highest BCUT2D eigenvalue weighted by Gasteiger charge is 2.05. The van der Waals surface area contributed by atoms with E-state index in [4.69, 9.17) is 0 Å². The molecule has 0 saturated heterocycles. The smallest absolute Gasteiger partial charge is 0.124 e. The molecule has 0 radical (unpaired) electrons. The normalized spacial score (nSPS) is 13.6. The van der Waals surface area contributed by atoms with E-state index in [2.05, 4.69) is 11.8 Å². The summed E-state index contributed by atoms with van der Waals surface area (Å²) in [5.74, 6) is 0.236. The fourth-order valence-corrected chi connectivity index (χ4v) is 1.04. The van der Waals surface area contributed by atoms with Crippen molar-refractivity contribution < 1.29 is 4.79 Å². The Hall–Kier alpha value is -0.370. The second kappa shape index (κ2) is 5.42. The van der Waals surface area contributed by atoms with Crippen molar-refractivity contribution in [3.8, 4) is 0 Å². The largest absolute Gasteiger partial charge is 0.309 e. The Balaban J connectivity index is 3.49. The predicted molar refractivity (Wildman–Crippen MR) is 43.0 cm³/mol. The van der Waals surface area contributed by atoms with Crippen LogP contribution in [0.1, 0.15) is 19.8 Å². The van der Waals surface area contributed by atoms with Crippen LogP contribution in [0.3, 0.4) is 0 Å². The molecule has 10 heavy (non-hydrogen) atoms. The van der Waals surface area contributed by atoms with E-state index in [0.717, 1.165) is 25.7 Å². The molecule has 0 bridgehead atoms. The number of hydrogen-bond acceptors (Lipinski definition) is 2. The van der Waals surface area contributed by atoms with Crippen molar-refractivity contribution in [2.45, 2.75) is 19.8 Å². The highest BCUT2D eigenvalue weighted by atomic mass is 16.1. The third-order valence-electron chi connectivity index (χ3n) is 1.45. The number of hydrogen-bond donors (Lipinski definition) is 0. The van der Waals surface area contributed by atoms with E-state index < -0.39 is 0 Å². The second-order valence-electron chi connectivity index (χ2n) is 2.95. The van der Waals surface area contributed by atoms with Gasteiger partial charge in [-0.25, -0.2) is 0 Å². The summed E-state index contributed by atoms with van der Waals surface area (Å²) in [7, 11) is 3.98. The first-order chi connectivity index (χ1) is 4.70. The first kappa shape index (κ1) is 9.63. The van der Waals surface area contributed by atoms with Gasteiger partial charge < -0.3 is 9.69 Å². The van der Waals surface area contributed by atoms with E-state index in [1.165, 1.54) is 0 Å². The van der Waals surface area contributed by atoms with Gasteiger partial charge in [-0.1, -0.05) is 13.3 Å². The van der Waals surface area contributed by atoms with Crippen LogP contribution in [-0.4, -0.2) is 31.8 Å². The van der Waals surface area contributed by atoms with Gasteiger partial charge in [-0.3, -0.25) is 0 Å². The molecule has 0 rings (SSSR count). The van der Waals surface area contributed by atoms with Gasteiger partial charge in [-0.05, 0) is 20.5 Å². The van der Waals surface area contributed by atoms with Crippen LogP contribution in [0.4, 0.5) is 0 Å². The fourth-order valence-electron chi connectivity index (χ4n) is 1.04. The maximum Gasteiger partial charge on any atom is 0.124 e. The van der Waals surface area contributed by atoms with Crippen LogP contribution in [0.2, 0.25) is 0 Å². The number of nitrogens with zero attached hydrogens (tertiary/aromatic N) is 1. The van der Waals surface area contributed by atoms with Gasteiger partial charge in [0.25, 0.3) is 0 Å². The number of aldehydes is 1. The molecule has 0 N–H and O–H groups in total. The lowest BCUT2D eigenvalue weighted by Crippen LogP contribution is -2.22. The second-order valence-corrected chi connectivity index (χ2v) is 2.95. The first-order valence-corrected chi connectivity index (χ1v) is 3.80. The van der Waals surface area contributed by atoms with Crippen molar-refractivity contribution in [1.29, 1.82) is 0 Å². The highest BCUT2D eigenvalue weighted by Crippen LogP contribution is 2.03. The topological polar surface area (TPSA) is 20.3 Å². The third-order valence-corrected chi connectivity index (χ3v) is 1.45. The summed E-state index contributed by atoms with van der Waals surface area (Å²) in [6, 6.07) is 0. The quantitative estimate of drug-likeness (QED) is 0.538. The highest BCUT2D eigenvalue weighted by molar-refractivity contribution is 5.53. The minimum atomic E-state index is 0.236. The number of carbonyl (C=O) groups excluding carboxylic acids is 1. The van der Waals surface area contributed by atoms with Crippen LogP contribution < -0.4 is 0 Å². The van der Waals surface area contributed by atoms with Gasteiger partial charge in [-0.2, -0.15) is 0 Å². The van der Waals surface area contributed by atoms with Gasteiger partial charge in [0.05, 0.1) is 0 Å². The first-order valence-electron chi connectivity index (χ1n) is 3.80. The van der Waals surface area contributed by atoms with Crippen LogP contribution in [-0.2, 0) is 4.79 Å². The molecule has 0 aliphatic carbocycles. The molecule has 0 aliphatic rings. The Morgan fingerprint density at radius 1 is 1.50 bits per heavy atom. The van der Waals surface area contributed by atoms with Crippen molar-refractivity contribution in [3.05, 3.63) is 0 Å². The van der Waals surface area contributed by atoms with Crippen molar-refractivity contribution in [3.63, 3.8) is 0 Å². The van der Waals surface area contributed by atoms with E-state index in [9.17, 15) is 4.79 Å². The Morgan fingerprint density at radius 2 is 2.10 bits per heavy atom. The Bertz CT molecular complexity index is 91.3. The summed E-state index contributed by atoms with van der Waals surface area (Å²) in [6.45, 7) is 2.99. The maximum absolute atomic E-state index is 10.4. The molecule has 1 unspecified atom stereocenters. The molecule has 0 spiro atoms. The van der Waals surface area contributed by atoms with E-state index >= 15 is 0 Å². The van der Waals surface area contributed by atoms with Crippen LogP contribution in [0.15, 0.2) is 0 Å². The van der Waals surface area contributed by atoms with Crippen molar-refractivity contribution in [2.75, 3.05) is 20.6 Å². The van der Waals surface area contributed by atoms with Crippen molar-refractivity contribution in [1.82, 2.24) is 4.90 Å². The lowest BCUT2D eigenvalue weighted by atomic mass is 10.1. The molecule has 1 atom stereocenters. The zero-order chi connectivity index (χ0) is 7.98. The molecule has 0 fully saturated rings. The number of carbonyl (C=O) groups is 1. The summed E-state index contributed by atoms with van der Waals surface area (Å²) in [4.78, 5) is 12.5. The molecule has 0 aromatic heterocycles. The SMILES string of the molecule is CCCC(C=O)CN(C)C. The van der Waals surface area contributed by atoms with E-state index in [1.54, 1.807) is 0 Å². The Kier molecular flexibility index (Phi) is 5.22. The Labute approximate surface area is 63.2 Å². The predicted octanol–water partition coefficient (Wildman–Crippen LogP) is 1.16. The molecular formula is C8H17NO. The number of rotatable bonds is 5. The molecule has 2 heteroatoms. The van der Waals surface area contributed by atoms with Crippen molar-refractivity contribution >= 4 is 6.29 Å². The molecular weight excluding hydrogens is 126 g/mol. The molecule has 60 valence electrons. The third kappa shape index (κ3) is 4.50. The minimum Gasteiger partial charge on any atom is -0.309 e. The zero-order valence-electron chi connectivity index (χ0n) is 7.13. The van der Waals surface area contributed by atoms with Crippen LogP contribution >= 0.6 is 0 Å². The molecule has 0 aliphatic heterocycles. The summed E-state index contributed by atoms with van der Waals surface area (Å²) >= 11 is 0. The standard InChI is InChI=1S/C8H17NO/c1-4-5-8(7-10)6-9(2)3/h7-8H,4-6H2,1-3H3. The molecule has 0 aromatic carbocycles. The van der Waals surface area contributed by atoms with Gasteiger partial charge in [0.15, 0.2) is 0 Å². The van der Waals surface area contributed by atoms with Crippen LogP contribution in [0.5, 0.6) is 0 Å². The summed E-state index contributed by atoms with van der Waals surface area (Å²) < 4.78 is 0. The van der Waals surface area contributed by atoms with E-state index in [0.29, 0.717) is 0 Å². The lowest BCUT2D eigenvalue weighted by molar-refractivity contribution is -0.111. The van der Waals surface area contributed by atoms with E-state index in [1.807, 2.05) is 14.1 Å². The molecule has 2 nitrogen and oxygen atoms in total. The van der Waals surface area contributed by atoms with Gasteiger partial charge in [0.1, 0.15) is 6.29 Å². The van der Waals surface area contributed by atoms with Gasteiger partial charge >= 0.3 is 0 Å². The van der Waals surface area contributed by atoms with Gasteiger partial charge in [0.2, 0.25) is 0 Å². The Morgan fingerprint density at radius 3 is 2.40 bits per heavy atom. The van der Waals surface area contributed by atoms with Crippen LogP contribution in [0, 0.1) is 5.92 Å². The van der Waals surface area contributed by atoms with Gasteiger partial charge in [-0.15, -0.1) is 0 Å². The monoisotopic (exact) mass is 143 g/mol. The van der Waals surface area contributed by atoms with Crippen molar-refractivity contribution in [2.24, 2.45) is 5.92 Å². The molecule has 0 aromatic rings. The van der Waals surface area contributed by atoms with Gasteiger partial charge in [0, 0.05) is 12.5 Å². The van der Waals surface area contributed by atoms with E-state index in [-0.39, 0.29) is 5.92 Å². The zero-order valence-corrected chi connectivity index (χ0v) is 7.13. The molecule has 0 amide bonds. The average Bonchev–Trinajstić information content (AvgIpc) is 1.86. The summed E-state index contributed by atoms with van der Waals surface area (Å²) in [5, 5.41) is 0. The van der Waals surface area contributed by atoms with Crippen LogP contribution in [0.25, 0.3) is 0 Å². The molecule has 0 saturated carbocycles. The average molecular weight is 143 g/mol. The minimum absolute atomic E-state index is 0.236. The summed E-state index contributed by atoms with van der Waals surface area (Å²) in [5.41, 5.74) is 0. The molecule has 0 heterocycles. The fraction of sp³-hybridized carbons (Fsp3) is 0.875. The summed E-state index contributed by atoms with van der Waals surface area (Å²) in [6.07, 6.45) is 3.17. The lowest BCUT2D eigenvalue weighted by Gasteiger charge is -2.14. The maximum atomic E-state index is 10.4.